The summed E-state index contributed by atoms with van der Waals surface area (Å²) < 4.78 is 39.4. The van der Waals surface area contributed by atoms with Crippen LogP contribution < -0.4 is 30.6 Å². The Morgan fingerprint density at radius 1 is 0.810 bits per heavy atom. The van der Waals surface area contributed by atoms with E-state index in [0.29, 0.717) is 24.0 Å². The molecule has 0 radical (unpaired) electrons. The number of carbonyl (C=O) groups is 1. The number of hydrogen-bond donors (Lipinski definition) is 4. The number of carbonyl (C=O) groups excluding carboxylic acids is 1. The number of rotatable bonds is 9. The number of ether oxygens (including phenoxy) is 2. The molecule has 4 heterocycles. The Morgan fingerprint density at radius 2 is 1.38 bits per heavy atom. The molecule has 2 atom stereocenters. The number of likely N-dealkylation sites (tertiary alicyclic amines) is 2. The molecule has 2 fully saturated rings. The first-order valence-corrected chi connectivity index (χ1v) is 21.5. The summed E-state index contributed by atoms with van der Waals surface area (Å²) in [6, 6.07) is 15.7. The van der Waals surface area contributed by atoms with Crippen molar-refractivity contribution in [3.05, 3.63) is 83.2 Å². The van der Waals surface area contributed by atoms with E-state index in [4.69, 9.17) is 15.2 Å². The summed E-state index contributed by atoms with van der Waals surface area (Å²) >= 11 is 0. The van der Waals surface area contributed by atoms with E-state index < -0.39 is 16.2 Å². The van der Waals surface area contributed by atoms with E-state index >= 15 is 0 Å². The van der Waals surface area contributed by atoms with Crippen LogP contribution in [0.5, 0.6) is 11.8 Å². The molecule has 0 saturated carbocycles. The third-order valence-electron chi connectivity index (χ3n) is 11.6. The molecule has 2 aliphatic carbocycles. The monoisotopic (exact) mass is 813 g/mol. The quantitative estimate of drug-likeness (QED) is 0.168. The number of pyridine rings is 2. The molecule has 4 aromatic rings. The topological polar surface area (TPSA) is 167 Å². The molecule has 5 N–H and O–H groups in total. The minimum absolute atomic E-state index is 0.161. The van der Waals surface area contributed by atoms with Crippen LogP contribution in [0.4, 0.5) is 16.2 Å². The number of benzene rings is 2. The molecule has 15 heteroatoms. The molecular formula is C43H59N9O5S. The number of aryl methyl sites for hydroxylation is 2. The molecule has 312 valence electrons. The molecule has 2 aliphatic heterocycles. The Morgan fingerprint density at radius 3 is 1.93 bits per heavy atom. The molecule has 4 aliphatic rings. The fourth-order valence-corrected chi connectivity index (χ4v) is 9.27. The third kappa shape index (κ3) is 10.2. The predicted molar refractivity (Wildman–Crippen MR) is 231 cm³/mol. The zero-order valence-electron chi connectivity index (χ0n) is 34.7. The minimum atomic E-state index is -3.97. The molecule has 2 aromatic carbocycles. The number of aromatic nitrogens is 2. The molecule has 2 amide bonds. The zero-order chi connectivity index (χ0) is 41.4. The van der Waals surface area contributed by atoms with Gasteiger partial charge in [0.2, 0.25) is 11.8 Å². The average molecular weight is 814 g/mol. The summed E-state index contributed by atoms with van der Waals surface area (Å²) in [6.45, 7) is 3.94. The van der Waals surface area contributed by atoms with Gasteiger partial charge in [0.05, 0.1) is 19.9 Å². The van der Waals surface area contributed by atoms with E-state index in [1.165, 1.54) is 54.0 Å². The summed E-state index contributed by atoms with van der Waals surface area (Å²) in [5.41, 5.74) is 16.5. The van der Waals surface area contributed by atoms with E-state index in [0.717, 1.165) is 84.6 Å². The number of nitrogens with two attached hydrogens (primary N) is 1. The predicted octanol–water partition coefficient (Wildman–Crippen LogP) is 4.99. The lowest BCUT2D eigenvalue weighted by Gasteiger charge is -2.24. The largest absolute Gasteiger partial charge is 0.481 e. The van der Waals surface area contributed by atoms with Crippen LogP contribution in [0.3, 0.4) is 0 Å². The Balaban J connectivity index is 0.000000181. The van der Waals surface area contributed by atoms with Gasteiger partial charge >= 0.3 is 16.2 Å². The minimum Gasteiger partial charge on any atom is -0.481 e. The molecule has 2 aromatic heterocycles. The summed E-state index contributed by atoms with van der Waals surface area (Å²) in [5, 5.41) is 6.08. The second-order valence-electron chi connectivity index (χ2n) is 15.5. The standard InChI is InChI=1S/C22H29N5O4S.C15H16N2O.C6H14N2/c1-26-12-10-17(14-26)27(2)32(29,30)25-22(28)24-21-18-6-4-5-15(18)7-8-19(21)16-9-11-23-20(13-16)31-3;1-18-14-9-11(7-8-17-14)13-6-5-10-3-2-4-12(10)15(13)16;1-7-6-3-4-8(2)5-6/h7-9,11,13,17H,4-6,10,12,14H2,1-3H3,(H2,24,25,28);5-9H,2-4,16H2,1H3;6-7H,3-5H2,1-2H3. The second-order valence-corrected chi connectivity index (χ2v) is 17.2. The van der Waals surface area contributed by atoms with Gasteiger partial charge in [-0.25, -0.2) is 19.5 Å². The van der Waals surface area contributed by atoms with Crippen LogP contribution in [0.25, 0.3) is 22.3 Å². The molecule has 14 nitrogen and oxygen atoms in total. The summed E-state index contributed by atoms with van der Waals surface area (Å²) in [7, 11) is 6.85. The number of nitrogen functional groups attached to an aromatic ring is 1. The van der Waals surface area contributed by atoms with Gasteiger partial charge in [0, 0.05) is 73.6 Å². The molecule has 0 bridgehead atoms. The highest BCUT2D eigenvalue weighted by atomic mass is 32.2. The fourth-order valence-electron chi connectivity index (χ4n) is 8.28. The van der Waals surface area contributed by atoms with Crippen molar-refractivity contribution in [2.24, 2.45) is 0 Å². The van der Waals surface area contributed by atoms with Crippen molar-refractivity contribution < 1.29 is 22.7 Å². The zero-order valence-corrected chi connectivity index (χ0v) is 35.5. The molecule has 58 heavy (non-hydrogen) atoms. The normalized spacial score (nSPS) is 18.7. The van der Waals surface area contributed by atoms with Gasteiger partial charge in [-0.1, -0.05) is 24.3 Å². The number of nitrogens with zero attached hydrogens (tertiary/aromatic N) is 5. The van der Waals surface area contributed by atoms with Crippen molar-refractivity contribution in [3.8, 4) is 34.0 Å². The fraction of sp³-hybridized carbons (Fsp3) is 0.465. The molecule has 8 rings (SSSR count). The molecular weight excluding hydrogens is 755 g/mol. The highest BCUT2D eigenvalue weighted by Gasteiger charge is 2.32. The molecule has 2 saturated heterocycles. The summed E-state index contributed by atoms with van der Waals surface area (Å²) in [4.78, 5) is 25.5. The van der Waals surface area contributed by atoms with E-state index in [1.807, 2.05) is 38.4 Å². The van der Waals surface area contributed by atoms with Crippen molar-refractivity contribution in [2.75, 3.05) is 79.6 Å². The van der Waals surface area contributed by atoms with Gasteiger partial charge in [-0.15, -0.1) is 0 Å². The Hall–Kier alpha value is -4.80. The number of hydrogen-bond acceptors (Lipinski definition) is 11. The number of nitrogens with one attached hydrogen (secondary N) is 3. The average Bonchev–Trinajstić information content (AvgIpc) is 4.07. The van der Waals surface area contributed by atoms with Gasteiger partial charge in [-0.05, 0) is 131 Å². The van der Waals surface area contributed by atoms with Crippen molar-refractivity contribution in [1.82, 2.24) is 34.1 Å². The summed E-state index contributed by atoms with van der Waals surface area (Å²) in [5.74, 6) is 1.08. The summed E-state index contributed by atoms with van der Waals surface area (Å²) in [6.07, 6.45) is 11.6. The van der Waals surface area contributed by atoms with E-state index in [1.54, 1.807) is 32.7 Å². The smallest absolute Gasteiger partial charge is 0.333 e. The van der Waals surface area contributed by atoms with Gasteiger partial charge in [0.25, 0.3) is 0 Å². The number of methoxy groups -OCH3 is 2. The number of amides is 2. The van der Waals surface area contributed by atoms with Crippen molar-refractivity contribution in [1.29, 1.82) is 0 Å². The number of likely N-dealkylation sites (N-methyl/N-ethyl adjacent to an activating group) is 4. The highest BCUT2D eigenvalue weighted by molar-refractivity contribution is 7.87. The van der Waals surface area contributed by atoms with Gasteiger partial charge in [-0.2, -0.15) is 12.7 Å². The van der Waals surface area contributed by atoms with Crippen molar-refractivity contribution in [2.45, 2.75) is 63.5 Å². The van der Waals surface area contributed by atoms with Crippen molar-refractivity contribution in [3.63, 3.8) is 0 Å². The van der Waals surface area contributed by atoms with Gasteiger partial charge < -0.3 is 35.6 Å². The van der Waals surface area contributed by atoms with Crippen LogP contribution in [0, 0.1) is 0 Å². The number of fused-ring (bicyclic) bond motifs is 2. The maximum Gasteiger partial charge on any atom is 0.333 e. The lowest BCUT2D eigenvalue weighted by molar-refractivity contribution is 0.255. The van der Waals surface area contributed by atoms with E-state index in [2.05, 4.69) is 60.4 Å². The number of anilines is 2. The third-order valence-corrected chi connectivity index (χ3v) is 13.1. The van der Waals surface area contributed by atoms with Crippen molar-refractivity contribution >= 4 is 27.6 Å². The first kappa shape index (κ1) is 42.8. The van der Waals surface area contributed by atoms with Gasteiger partial charge in [-0.3, -0.25) is 0 Å². The van der Waals surface area contributed by atoms with Crippen LogP contribution in [0.1, 0.15) is 47.9 Å². The SMILES string of the molecule is CNC1CCN(C)C1.COc1cc(-c2ccc3c(c2N)CCC3)ccn1.COc1cc(-c2ccc3c(c2NC(=O)NS(=O)(=O)N(C)C2CCN(C)C2)CCC3)ccn1. The lowest BCUT2D eigenvalue weighted by atomic mass is 9.98. The second kappa shape index (κ2) is 19.3. The van der Waals surface area contributed by atoms with Crippen LogP contribution >= 0.6 is 0 Å². The van der Waals surface area contributed by atoms with E-state index in [9.17, 15) is 13.2 Å². The maximum absolute atomic E-state index is 12.8. The van der Waals surface area contributed by atoms with Crippen LogP contribution in [-0.2, 0) is 35.9 Å². The van der Waals surface area contributed by atoms with E-state index in [-0.39, 0.29) is 6.04 Å². The van der Waals surface area contributed by atoms with Gasteiger partial charge in [0.1, 0.15) is 0 Å². The first-order valence-electron chi connectivity index (χ1n) is 20.1. The van der Waals surface area contributed by atoms with Crippen LogP contribution in [0.2, 0.25) is 0 Å². The van der Waals surface area contributed by atoms with Crippen LogP contribution in [-0.4, -0.2) is 119 Å². The Bertz CT molecular complexity index is 2170. The Kier molecular flexibility index (Phi) is 14.2. The maximum atomic E-state index is 12.8. The van der Waals surface area contributed by atoms with Crippen LogP contribution in [0.15, 0.2) is 60.9 Å². The first-order chi connectivity index (χ1) is 27.9. The molecule has 2 unspecified atom stereocenters. The Labute approximate surface area is 343 Å². The number of urea groups is 1. The highest BCUT2D eigenvalue weighted by Crippen LogP contribution is 2.39. The molecule has 0 spiro atoms. The lowest BCUT2D eigenvalue weighted by Crippen LogP contribution is -2.48. The van der Waals surface area contributed by atoms with Gasteiger partial charge in [0.15, 0.2) is 0 Å².